The number of carbonyl (C=O) groups excluding carboxylic acids is 1. The molecule has 0 radical (unpaired) electrons. The number of halogens is 1. The third-order valence-electron chi connectivity index (χ3n) is 7.91. The fourth-order valence-electron chi connectivity index (χ4n) is 6.19. The molecule has 2 heterocycles. The maximum Gasteiger partial charge on any atom is 0.253 e. The average molecular weight is 471 g/mol. The topological polar surface area (TPSA) is 45.3 Å². The number of carbonyl (C=O) groups is 1. The van der Waals surface area contributed by atoms with Crippen molar-refractivity contribution in [2.24, 2.45) is 5.92 Å². The van der Waals surface area contributed by atoms with Gasteiger partial charge in [0.15, 0.2) is 0 Å². The number of H-pyrrole nitrogens is 1. The molecule has 34 heavy (non-hydrogen) atoms. The number of benzene rings is 3. The second-order valence-corrected chi connectivity index (χ2v) is 9.98. The summed E-state index contributed by atoms with van der Waals surface area (Å²) < 4.78 is 5.58. The van der Waals surface area contributed by atoms with E-state index in [-0.39, 0.29) is 17.2 Å². The van der Waals surface area contributed by atoms with Gasteiger partial charge < -0.3 is 14.6 Å². The van der Waals surface area contributed by atoms with Gasteiger partial charge in [-0.25, -0.2) is 0 Å². The molecule has 0 bridgehead atoms. The highest BCUT2D eigenvalue weighted by Crippen LogP contribution is 2.50. The Kier molecular flexibility index (Phi) is 5.14. The highest BCUT2D eigenvalue weighted by atomic mass is 35.5. The fraction of sp³-hybridized carbons (Fsp3) is 0.276. The van der Waals surface area contributed by atoms with Crippen LogP contribution in [0.3, 0.4) is 0 Å². The molecule has 172 valence electrons. The van der Waals surface area contributed by atoms with Crippen molar-refractivity contribution in [2.75, 3.05) is 20.2 Å². The largest absolute Gasteiger partial charge is 0.497 e. The SMILES string of the molecule is COc1cccc([C@]23CCN(C(=O)c4ccccc4)CC2Cc2c([nH]c4cccc(Cl)c24)C3)c1. The van der Waals surface area contributed by atoms with E-state index in [0.717, 1.165) is 59.6 Å². The molecule has 4 nitrogen and oxygen atoms in total. The molecule has 1 fully saturated rings. The van der Waals surface area contributed by atoms with E-state index in [1.807, 2.05) is 53.4 Å². The minimum Gasteiger partial charge on any atom is -0.497 e. The third-order valence-corrected chi connectivity index (χ3v) is 8.23. The summed E-state index contributed by atoms with van der Waals surface area (Å²) in [7, 11) is 1.72. The number of nitrogens with one attached hydrogen (secondary N) is 1. The van der Waals surface area contributed by atoms with Crippen molar-refractivity contribution in [3.05, 3.63) is 100 Å². The fourth-order valence-corrected chi connectivity index (χ4v) is 6.48. The zero-order chi connectivity index (χ0) is 23.3. The van der Waals surface area contributed by atoms with Crippen LogP contribution < -0.4 is 4.74 Å². The minimum atomic E-state index is -0.0671. The second-order valence-electron chi connectivity index (χ2n) is 9.58. The lowest BCUT2D eigenvalue weighted by atomic mass is 9.58. The first-order chi connectivity index (χ1) is 16.6. The van der Waals surface area contributed by atoms with Crippen LogP contribution in [0.4, 0.5) is 0 Å². The molecule has 1 amide bonds. The van der Waals surface area contributed by atoms with Gasteiger partial charge in [0.25, 0.3) is 5.91 Å². The predicted octanol–water partition coefficient (Wildman–Crippen LogP) is 6.03. The number of amides is 1. The van der Waals surface area contributed by atoms with Crippen LogP contribution in [-0.4, -0.2) is 36.0 Å². The van der Waals surface area contributed by atoms with Crippen LogP contribution in [0.25, 0.3) is 10.9 Å². The highest BCUT2D eigenvalue weighted by molar-refractivity contribution is 6.35. The molecule has 2 atom stereocenters. The Labute approximate surface area is 204 Å². The summed E-state index contributed by atoms with van der Waals surface area (Å²) in [6.07, 6.45) is 2.69. The van der Waals surface area contributed by atoms with Crippen molar-refractivity contribution < 1.29 is 9.53 Å². The Morgan fingerprint density at radius 3 is 2.74 bits per heavy atom. The molecular weight excluding hydrogens is 444 g/mol. The van der Waals surface area contributed by atoms with Crippen LogP contribution in [0.15, 0.2) is 72.8 Å². The summed E-state index contributed by atoms with van der Waals surface area (Å²) in [6.45, 7) is 1.46. The minimum absolute atomic E-state index is 0.0671. The summed E-state index contributed by atoms with van der Waals surface area (Å²) in [5.41, 5.74) is 5.64. The van der Waals surface area contributed by atoms with E-state index in [2.05, 4.69) is 29.2 Å². The van der Waals surface area contributed by atoms with E-state index in [1.165, 1.54) is 16.8 Å². The monoisotopic (exact) mass is 470 g/mol. The smallest absolute Gasteiger partial charge is 0.253 e. The lowest BCUT2D eigenvalue weighted by Crippen LogP contribution is -2.55. The lowest BCUT2D eigenvalue weighted by Gasteiger charge is -2.51. The van der Waals surface area contributed by atoms with Gasteiger partial charge in [0, 0.05) is 40.7 Å². The van der Waals surface area contributed by atoms with Gasteiger partial charge >= 0.3 is 0 Å². The summed E-state index contributed by atoms with van der Waals surface area (Å²) in [4.78, 5) is 19.1. The molecule has 0 spiro atoms. The first kappa shape index (κ1) is 21.3. The highest BCUT2D eigenvalue weighted by Gasteiger charge is 2.49. The van der Waals surface area contributed by atoms with Gasteiger partial charge in [-0.15, -0.1) is 0 Å². The number of piperidine rings is 1. The Morgan fingerprint density at radius 2 is 1.91 bits per heavy atom. The molecule has 5 heteroatoms. The van der Waals surface area contributed by atoms with Crippen molar-refractivity contribution in [3.63, 3.8) is 0 Å². The molecule has 1 aliphatic heterocycles. The first-order valence-corrected chi connectivity index (χ1v) is 12.2. The zero-order valence-corrected chi connectivity index (χ0v) is 19.9. The van der Waals surface area contributed by atoms with Gasteiger partial charge in [-0.2, -0.15) is 0 Å². The zero-order valence-electron chi connectivity index (χ0n) is 19.2. The molecular formula is C29H27ClN2O2. The van der Waals surface area contributed by atoms with Gasteiger partial charge in [0.2, 0.25) is 0 Å². The van der Waals surface area contributed by atoms with E-state index >= 15 is 0 Å². The number of aromatic amines is 1. The lowest BCUT2D eigenvalue weighted by molar-refractivity contribution is 0.0501. The summed E-state index contributed by atoms with van der Waals surface area (Å²) >= 11 is 6.66. The number of fused-ring (bicyclic) bond motifs is 4. The van der Waals surface area contributed by atoms with Gasteiger partial charge in [-0.3, -0.25) is 4.79 Å². The van der Waals surface area contributed by atoms with Crippen LogP contribution in [-0.2, 0) is 18.3 Å². The van der Waals surface area contributed by atoms with Gasteiger partial charge in [0.05, 0.1) is 12.1 Å². The van der Waals surface area contributed by atoms with Crippen LogP contribution >= 0.6 is 11.6 Å². The Bertz CT molecular complexity index is 1380. The van der Waals surface area contributed by atoms with Crippen LogP contribution in [0.5, 0.6) is 5.75 Å². The number of nitrogens with zero attached hydrogens (tertiary/aromatic N) is 1. The van der Waals surface area contributed by atoms with Crippen molar-refractivity contribution in [1.82, 2.24) is 9.88 Å². The van der Waals surface area contributed by atoms with E-state index in [4.69, 9.17) is 16.3 Å². The van der Waals surface area contributed by atoms with Crippen LogP contribution in [0, 0.1) is 5.92 Å². The number of hydrogen-bond acceptors (Lipinski definition) is 2. The quantitative estimate of drug-likeness (QED) is 0.397. The maximum atomic E-state index is 13.4. The Hall–Kier alpha value is -3.24. The summed E-state index contributed by atoms with van der Waals surface area (Å²) in [5.74, 6) is 1.27. The normalized spacial score (nSPS) is 21.7. The number of methoxy groups -OCH3 is 1. The molecule has 1 unspecified atom stereocenters. The first-order valence-electron chi connectivity index (χ1n) is 11.9. The maximum absolute atomic E-state index is 13.4. The number of ether oxygens (including phenoxy) is 1. The number of aromatic nitrogens is 1. The van der Waals surface area contributed by atoms with Crippen molar-refractivity contribution in [3.8, 4) is 5.75 Å². The molecule has 6 rings (SSSR count). The molecule has 1 N–H and O–H groups in total. The molecule has 0 saturated carbocycles. The van der Waals surface area contributed by atoms with Crippen LogP contribution in [0.1, 0.15) is 33.6 Å². The molecule has 1 saturated heterocycles. The number of likely N-dealkylation sites (tertiary alicyclic amines) is 1. The van der Waals surface area contributed by atoms with E-state index in [1.54, 1.807) is 7.11 Å². The Balaban J connectivity index is 1.45. The summed E-state index contributed by atoms with van der Waals surface area (Å²) in [5, 5.41) is 1.92. The van der Waals surface area contributed by atoms with Gasteiger partial charge in [-0.05, 0) is 72.7 Å². The Morgan fingerprint density at radius 1 is 1.09 bits per heavy atom. The van der Waals surface area contributed by atoms with Crippen molar-refractivity contribution >= 4 is 28.4 Å². The second kappa shape index (κ2) is 8.21. The van der Waals surface area contributed by atoms with Gasteiger partial charge in [-0.1, -0.05) is 48.0 Å². The number of rotatable bonds is 3. The average Bonchev–Trinajstić information content (AvgIpc) is 3.25. The molecule has 3 aromatic carbocycles. The number of hydrogen-bond donors (Lipinski definition) is 1. The molecule has 4 aromatic rings. The van der Waals surface area contributed by atoms with Crippen LogP contribution in [0.2, 0.25) is 5.02 Å². The standard InChI is InChI=1S/C29H27ClN2O2/c1-34-22-10-5-9-20(15-22)29-13-14-32(28(33)19-7-3-2-4-8-19)18-21(29)16-23-26(17-29)31-25-12-6-11-24(30)27(23)25/h2-12,15,21,31H,13-14,16-18H2,1H3/t21?,29-/m1/s1. The van der Waals surface area contributed by atoms with E-state index < -0.39 is 0 Å². The van der Waals surface area contributed by atoms with Crippen molar-refractivity contribution in [2.45, 2.75) is 24.7 Å². The molecule has 1 aliphatic carbocycles. The third kappa shape index (κ3) is 3.32. The molecule has 1 aromatic heterocycles. The van der Waals surface area contributed by atoms with Crippen molar-refractivity contribution in [1.29, 1.82) is 0 Å². The predicted molar refractivity (Wildman–Crippen MR) is 136 cm³/mol. The van der Waals surface area contributed by atoms with E-state index in [9.17, 15) is 4.79 Å². The molecule has 2 aliphatic rings. The summed E-state index contributed by atoms with van der Waals surface area (Å²) in [6, 6.07) is 24.2. The van der Waals surface area contributed by atoms with Gasteiger partial charge in [0.1, 0.15) is 5.75 Å². The van der Waals surface area contributed by atoms with E-state index in [0.29, 0.717) is 0 Å².